The third kappa shape index (κ3) is 3.63. The number of hydrogen-bond donors (Lipinski definition) is 5. The van der Waals surface area contributed by atoms with E-state index in [1.165, 1.54) is 0 Å². The molecule has 0 unspecified atom stereocenters. The number of carboxylic acid groups (broad SMARTS) is 1. The molecule has 6 N–H and O–H groups in total. The van der Waals surface area contributed by atoms with Crippen molar-refractivity contribution in [3.05, 3.63) is 59.4 Å². The van der Waals surface area contributed by atoms with E-state index in [1.807, 2.05) is 0 Å². The molecule has 0 aliphatic heterocycles. The number of amides is 1. The van der Waals surface area contributed by atoms with E-state index in [4.69, 9.17) is 16.2 Å². The monoisotopic (exact) mass is 337 g/mol. The number of nitrogens with zero attached hydrogens (tertiary/aromatic N) is 1. The number of carboxylic acids is 1. The van der Waals surface area contributed by atoms with Gasteiger partial charge in [0.05, 0.1) is 11.0 Å². The molecule has 8 heteroatoms. The van der Waals surface area contributed by atoms with Gasteiger partial charge in [-0.15, -0.1) is 0 Å². The van der Waals surface area contributed by atoms with E-state index in [9.17, 15) is 9.59 Å². The lowest BCUT2D eigenvalue weighted by Crippen LogP contribution is -2.14. The van der Waals surface area contributed by atoms with Gasteiger partial charge in [0, 0.05) is 16.8 Å². The van der Waals surface area contributed by atoms with Gasteiger partial charge < -0.3 is 21.1 Å². The van der Waals surface area contributed by atoms with Crippen molar-refractivity contribution in [3.63, 3.8) is 0 Å². The van der Waals surface area contributed by atoms with Gasteiger partial charge >= 0.3 is 5.97 Å². The molecule has 3 aromatic rings. The van der Waals surface area contributed by atoms with Crippen LogP contribution < -0.4 is 11.1 Å². The van der Waals surface area contributed by atoms with Crippen molar-refractivity contribution in [3.8, 4) is 0 Å². The molecule has 0 aliphatic rings. The number of amidine groups is 1. The Bertz CT molecular complexity index is 976. The van der Waals surface area contributed by atoms with Crippen LogP contribution in [0, 0.1) is 5.41 Å². The highest BCUT2D eigenvalue weighted by atomic mass is 16.4. The highest BCUT2D eigenvalue weighted by Crippen LogP contribution is 2.18. The number of nitrogen functional groups attached to an aromatic ring is 1. The van der Waals surface area contributed by atoms with Crippen LogP contribution in [-0.4, -0.2) is 32.8 Å². The summed E-state index contributed by atoms with van der Waals surface area (Å²) >= 11 is 0. The van der Waals surface area contributed by atoms with E-state index < -0.39 is 5.97 Å². The molecule has 0 aliphatic carbocycles. The molecule has 2 aromatic carbocycles. The van der Waals surface area contributed by atoms with Crippen molar-refractivity contribution >= 4 is 34.4 Å². The molecule has 1 aromatic heterocycles. The van der Waals surface area contributed by atoms with Gasteiger partial charge in [-0.3, -0.25) is 15.0 Å². The lowest BCUT2D eigenvalue weighted by Gasteiger charge is -2.06. The van der Waals surface area contributed by atoms with Crippen molar-refractivity contribution in [1.82, 2.24) is 9.97 Å². The molecule has 0 radical (unpaired) electrons. The Morgan fingerprint density at radius 2 is 1.84 bits per heavy atom. The van der Waals surface area contributed by atoms with Crippen molar-refractivity contribution in [2.24, 2.45) is 5.73 Å². The summed E-state index contributed by atoms with van der Waals surface area (Å²) in [6.45, 7) is 0. The predicted molar refractivity (Wildman–Crippen MR) is 92.8 cm³/mol. The van der Waals surface area contributed by atoms with Gasteiger partial charge in [-0.05, 0) is 30.3 Å². The first-order valence-corrected chi connectivity index (χ1v) is 7.38. The molecule has 126 valence electrons. The maximum atomic E-state index is 12.3. The zero-order valence-electron chi connectivity index (χ0n) is 13.0. The van der Waals surface area contributed by atoms with E-state index in [0.29, 0.717) is 33.7 Å². The van der Waals surface area contributed by atoms with Gasteiger partial charge in [0.2, 0.25) is 0 Å². The third-order valence-electron chi connectivity index (χ3n) is 3.57. The number of H-pyrrole nitrogens is 1. The molecule has 0 atom stereocenters. The number of carbonyl (C=O) groups is 2. The molecule has 8 nitrogen and oxygen atoms in total. The number of benzene rings is 2. The average molecular weight is 337 g/mol. The quantitative estimate of drug-likeness (QED) is 0.355. The molecule has 3 rings (SSSR count). The smallest absolute Gasteiger partial charge is 0.311 e. The van der Waals surface area contributed by atoms with Gasteiger partial charge in [0.1, 0.15) is 18.1 Å². The standard InChI is InChI=1S/C17H15N5O3/c18-16(19)9-1-3-10(4-2-9)17(25)20-11-5-6-12-13(7-11)22-14(21-12)8-15(23)24/h1-7H,8H2,(H3,18,19)(H,20,25)(H,21,22)(H,23,24). The Morgan fingerprint density at radius 3 is 2.48 bits per heavy atom. The maximum absolute atomic E-state index is 12.3. The average Bonchev–Trinajstić information content (AvgIpc) is 2.95. The molecule has 1 amide bonds. The number of fused-ring (bicyclic) bond motifs is 1. The number of carbonyl (C=O) groups excluding carboxylic acids is 1. The lowest BCUT2D eigenvalue weighted by molar-refractivity contribution is -0.136. The summed E-state index contributed by atoms with van der Waals surface area (Å²) < 4.78 is 0. The molecule has 0 saturated heterocycles. The summed E-state index contributed by atoms with van der Waals surface area (Å²) in [5.74, 6) is -0.990. The summed E-state index contributed by atoms with van der Waals surface area (Å²) in [7, 11) is 0. The normalized spacial score (nSPS) is 10.6. The molecule has 1 heterocycles. The lowest BCUT2D eigenvalue weighted by atomic mass is 10.1. The van der Waals surface area contributed by atoms with Crippen LogP contribution in [0.25, 0.3) is 11.0 Å². The highest BCUT2D eigenvalue weighted by molar-refractivity contribution is 6.05. The fourth-order valence-corrected chi connectivity index (χ4v) is 2.37. The van der Waals surface area contributed by atoms with E-state index in [1.54, 1.807) is 42.5 Å². The van der Waals surface area contributed by atoms with Gasteiger partial charge in [-0.2, -0.15) is 0 Å². The fourth-order valence-electron chi connectivity index (χ4n) is 2.37. The second kappa shape index (κ2) is 6.44. The summed E-state index contributed by atoms with van der Waals surface area (Å²) in [5, 5.41) is 18.9. The van der Waals surface area contributed by atoms with Crippen LogP contribution >= 0.6 is 0 Å². The zero-order valence-corrected chi connectivity index (χ0v) is 13.0. The summed E-state index contributed by atoms with van der Waals surface area (Å²) in [4.78, 5) is 30.1. The van der Waals surface area contributed by atoms with E-state index in [2.05, 4.69) is 15.3 Å². The van der Waals surface area contributed by atoms with Crippen molar-refractivity contribution in [2.45, 2.75) is 6.42 Å². The van der Waals surface area contributed by atoms with Crippen LogP contribution in [0.5, 0.6) is 0 Å². The van der Waals surface area contributed by atoms with Crippen LogP contribution in [0.15, 0.2) is 42.5 Å². The molecular weight excluding hydrogens is 322 g/mol. The van der Waals surface area contributed by atoms with Crippen LogP contribution in [0.2, 0.25) is 0 Å². The maximum Gasteiger partial charge on any atom is 0.311 e. The van der Waals surface area contributed by atoms with Crippen LogP contribution in [0.1, 0.15) is 21.7 Å². The van der Waals surface area contributed by atoms with Crippen LogP contribution in [0.4, 0.5) is 5.69 Å². The van der Waals surface area contributed by atoms with E-state index in [0.717, 1.165) is 0 Å². The second-order valence-electron chi connectivity index (χ2n) is 5.43. The number of rotatable bonds is 5. The molecular formula is C17H15N5O3. The summed E-state index contributed by atoms with van der Waals surface area (Å²) in [6.07, 6.45) is -0.196. The first-order valence-electron chi connectivity index (χ1n) is 7.38. The number of nitrogens with one attached hydrogen (secondary N) is 3. The number of nitrogens with two attached hydrogens (primary N) is 1. The van der Waals surface area contributed by atoms with Crippen LogP contribution in [-0.2, 0) is 11.2 Å². The minimum atomic E-state index is -0.971. The minimum Gasteiger partial charge on any atom is -0.481 e. The fraction of sp³-hybridized carbons (Fsp3) is 0.0588. The Morgan fingerprint density at radius 1 is 1.16 bits per heavy atom. The third-order valence-corrected chi connectivity index (χ3v) is 3.57. The molecule has 0 fully saturated rings. The van der Waals surface area contributed by atoms with Crippen LogP contribution in [0.3, 0.4) is 0 Å². The Kier molecular flexibility index (Phi) is 4.17. The number of aliphatic carboxylic acids is 1. The molecule has 25 heavy (non-hydrogen) atoms. The number of aromatic amines is 1. The van der Waals surface area contributed by atoms with Crippen molar-refractivity contribution in [2.75, 3.05) is 5.32 Å². The number of anilines is 1. The van der Waals surface area contributed by atoms with Crippen molar-refractivity contribution < 1.29 is 14.7 Å². The highest BCUT2D eigenvalue weighted by Gasteiger charge is 2.10. The Labute approximate surface area is 142 Å². The molecule has 0 spiro atoms. The second-order valence-corrected chi connectivity index (χ2v) is 5.43. The zero-order chi connectivity index (χ0) is 18.0. The minimum absolute atomic E-state index is 0.0619. The summed E-state index contributed by atoms with van der Waals surface area (Å²) in [5.41, 5.74) is 8.16. The topological polar surface area (TPSA) is 145 Å². The van der Waals surface area contributed by atoms with Gasteiger partial charge in [-0.25, -0.2) is 4.98 Å². The summed E-state index contributed by atoms with van der Waals surface area (Å²) in [6, 6.07) is 11.5. The molecule has 0 saturated carbocycles. The number of aromatic nitrogens is 2. The van der Waals surface area contributed by atoms with Gasteiger partial charge in [0.25, 0.3) is 5.91 Å². The van der Waals surface area contributed by atoms with Gasteiger partial charge in [-0.1, -0.05) is 12.1 Å². The van der Waals surface area contributed by atoms with Gasteiger partial charge in [0.15, 0.2) is 0 Å². The van der Waals surface area contributed by atoms with E-state index >= 15 is 0 Å². The molecule has 0 bridgehead atoms. The Balaban J connectivity index is 1.78. The number of hydrogen-bond acceptors (Lipinski definition) is 4. The first kappa shape index (κ1) is 16.2. The largest absolute Gasteiger partial charge is 0.481 e. The van der Waals surface area contributed by atoms with Crippen molar-refractivity contribution in [1.29, 1.82) is 5.41 Å². The first-order chi connectivity index (χ1) is 11.9. The van der Waals surface area contributed by atoms with E-state index in [-0.39, 0.29) is 18.2 Å². The SMILES string of the molecule is N=C(N)c1ccc(C(=O)Nc2ccc3[nH]c(CC(=O)O)nc3c2)cc1. The predicted octanol–water partition coefficient (Wildman–Crippen LogP) is 1.73. The Hall–Kier alpha value is -3.68. The number of imidazole rings is 1.